The third-order valence-corrected chi connectivity index (χ3v) is 28.0. The Kier molecular flexibility index (Phi) is 37.9. The number of amides is 6. The zero-order valence-electron chi connectivity index (χ0n) is 83.9. The molecule has 0 radical (unpaired) electrons. The van der Waals surface area contributed by atoms with E-state index >= 15 is 0 Å². The summed E-state index contributed by atoms with van der Waals surface area (Å²) in [6.45, 7) is 20.0. The quantitative estimate of drug-likeness (QED) is 0.0293. The highest BCUT2D eigenvalue weighted by atomic mass is 32.1. The molecule has 0 aliphatic carbocycles. The van der Waals surface area contributed by atoms with Crippen LogP contribution in [0.1, 0.15) is 116 Å². The number of methoxy groups -OCH3 is 8. The number of benzene rings is 12. The zero-order chi connectivity index (χ0) is 105. The summed E-state index contributed by atoms with van der Waals surface area (Å²) in [5, 5.41) is 26.1. The maximum Gasteiger partial charge on any atom is 0.257 e. The number of nitrogens with zero attached hydrogens (tertiary/aromatic N) is 6. The third kappa shape index (κ3) is 28.6. The molecule has 0 bridgehead atoms. The Morgan fingerprint density at radius 2 is 0.633 bits per heavy atom. The molecule has 33 heteroatoms. The first-order valence-electron chi connectivity index (χ1n) is 45.7. The SMILES string of the molecule is COc1cc(-c2csc(NC(=O)c3cc(OC)c(OC)c(OC)c3)n2)cc(C)c1C.COc1cc(-c2csc(NC(=O)c3cccc(OC)c3C)n2)cc(C)c1C.COc1ccc(C(=O)Nc2nc(-c3cc(C)c(C)c(OC)c3)cs2)cc1.Cc1ccc(-c2cnc(NC(=O)c3ccccc3)s2)cc1.Cc1sc(NC(=O)c2ccccc2)nc1-c1ccc(F)cc1.Cc1sc(NC(=O)c2ccccc2)nc1-c1ccccc1. The maximum absolute atomic E-state index is 13.0. The molecule has 0 spiro atoms. The Hall–Kier alpha value is -16.4. The van der Waals surface area contributed by atoms with Crippen molar-refractivity contribution < 1.29 is 71.1 Å². The molecule has 750 valence electrons. The van der Waals surface area contributed by atoms with Crippen LogP contribution in [0.2, 0.25) is 0 Å². The molecule has 0 saturated heterocycles. The van der Waals surface area contributed by atoms with Gasteiger partial charge in [-0.1, -0.05) is 132 Å². The van der Waals surface area contributed by atoms with Crippen molar-refractivity contribution in [2.24, 2.45) is 0 Å². The Morgan fingerprint density at radius 3 is 1.02 bits per heavy atom. The van der Waals surface area contributed by atoms with Crippen LogP contribution in [0.25, 0.3) is 66.7 Å². The lowest BCUT2D eigenvalue weighted by Crippen LogP contribution is -2.13. The van der Waals surface area contributed by atoms with Crippen molar-refractivity contribution in [3.63, 3.8) is 0 Å². The van der Waals surface area contributed by atoms with Crippen LogP contribution in [0, 0.1) is 75.1 Å². The lowest BCUT2D eigenvalue weighted by molar-refractivity contribution is 0.101. The molecule has 6 aromatic heterocycles. The third-order valence-electron chi connectivity index (χ3n) is 23.0. The van der Waals surface area contributed by atoms with Gasteiger partial charge in [-0.3, -0.25) is 60.7 Å². The molecule has 0 aliphatic heterocycles. The summed E-state index contributed by atoms with van der Waals surface area (Å²) in [5.74, 6) is 3.62. The number of aromatic nitrogens is 6. The van der Waals surface area contributed by atoms with E-state index in [1.807, 2.05) is 188 Å². The highest BCUT2D eigenvalue weighted by Gasteiger charge is 2.24. The average Bonchev–Trinajstić information content (AvgIpc) is 1.67. The Balaban J connectivity index is 0.000000148. The fourth-order valence-electron chi connectivity index (χ4n) is 14.6. The van der Waals surface area contributed by atoms with Gasteiger partial charge >= 0.3 is 0 Å². The molecule has 26 nitrogen and oxygen atoms in total. The predicted molar refractivity (Wildman–Crippen MR) is 591 cm³/mol. The van der Waals surface area contributed by atoms with Gasteiger partial charge in [-0.05, 0) is 254 Å². The van der Waals surface area contributed by atoms with Gasteiger partial charge in [-0.2, -0.15) is 0 Å². The second-order valence-corrected chi connectivity index (χ2v) is 38.7. The fraction of sp³-hybridized carbons (Fsp3) is 0.158. The summed E-state index contributed by atoms with van der Waals surface area (Å²) in [6, 6.07) is 79.3. The first kappa shape index (κ1) is 108. The van der Waals surface area contributed by atoms with Crippen LogP contribution in [-0.2, 0) is 0 Å². The largest absolute Gasteiger partial charge is 0.497 e. The van der Waals surface area contributed by atoms with E-state index in [9.17, 15) is 33.2 Å². The summed E-state index contributed by atoms with van der Waals surface area (Å²) >= 11 is 8.49. The molecule has 18 rings (SSSR count). The van der Waals surface area contributed by atoms with E-state index in [0.717, 1.165) is 133 Å². The monoisotopic (exact) mass is 2080 g/mol. The molecule has 0 aliphatic rings. The summed E-state index contributed by atoms with van der Waals surface area (Å²) in [4.78, 5) is 104. The van der Waals surface area contributed by atoms with Crippen LogP contribution in [0.4, 0.5) is 35.2 Å². The van der Waals surface area contributed by atoms with Crippen molar-refractivity contribution >= 4 is 134 Å². The van der Waals surface area contributed by atoms with E-state index in [1.165, 1.54) is 107 Å². The Bertz CT molecular complexity index is 7590. The van der Waals surface area contributed by atoms with Crippen molar-refractivity contribution in [3.8, 4) is 113 Å². The van der Waals surface area contributed by atoms with Crippen molar-refractivity contribution in [1.82, 2.24) is 29.9 Å². The topological polar surface area (TPSA) is 326 Å². The van der Waals surface area contributed by atoms with E-state index in [2.05, 4.69) is 111 Å². The zero-order valence-corrected chi connectivity index (χ0v) is 88.8. The normalized spacial score (nSPS) is 10.4. The molecule has 18 aromatic rings. The lowest BCUT2D eigenvalue weighted by Gasteiger charge is -2.13. The number of anilines is 6. The highest BCUT2D eigenvalue weighted by Crippen LogP contribution is 2.42. The highest BCUT2D eigenvalue weighted by molar-refractivity contribution is 7.19. The van der Waals surface area contributed by atoms with Gasteiger partial charge in [0.2, 0.25) is 5.75 Å². The minimum Gasteiger partial charge on any atom is -0.497 e. The second kappa shape index (κ2) is 51.7. The molecule has 0 atom stereocenters. The Morgan fingerprint density at radius 1 is 0.279 bits per heavy atom. The second-order valence-electron chi connectivity index (χ2n) is 32.7. The Labute approximate surface area is 876 Å². The number of ether oxygens (including phenoxy) is 8. The molecule has 6 heterocycles. The number of halogens is 1. The number of carbonyl (C=O) groups is 6. The van der Waals surface area contributed by atoms with Crippen LogP contribution in [-0.4, -0.2) is 122 Å². The minimum atomic E-state index is -0.326. The number of nitrogens with one attached hydrogen (secondary N) is 6. The number of hydrogen-bond acceptors (Lipinski definition) is 26. The predicted octanol–water partition coefficient (Wildman–Crippen LogP) is 27.7. The minimum absolute atomic E-state index is 0.135. The van der Waals surface area contributed by atoms with E-state index < -0.39 is 0 Å². The van der Waals surface area contributed by atoms with E-state index in [4.69, 9.17) is 37.9 Å². The molecule has 12 aromatic carbocycles. The van der Waals surface area contributed by atoms with Crippen molar-refractivity contribution in [2.75, 3.05) is 88.8 Å². The van der Waals surface area contributed by atoms with Crippen LogP contribution in [0.3, 0.4) is 0 Å². The van der Waals surface area contributed by atoms with Gasteiger partial charge in [0.25, 0.3) is 35.4 Å². The number of carbonyl (C=O) groups excluding carboxylic acids is 6. The molecule has 0 fully saturated rings. The molecular weight excluding hydrogens is 1970 g/mol. The molecule has 6 N–H and O–H groups in total. The van der Waals surface area contributed by atoms with Gasteiger partial charge in [0.1, 0.15) is 34.6 Å². The van der Waals surface area contributed by atoms with Gasteiger partial charge in [0, 0.05) is 98.9 Å². The van der Waals surface area contributed by atoms with Gasteiger partial charge in [0.15, 0.2) is 42.3 Å². The van der Waals surface area contributed by atoms with Crippen LogP contribution >= 0.6 is 68.0 Å². The van der Waals surface area contributed by atoms with Gasteiger partial charge in [0.05, 0.1) is 90.2 Å². The summed E-state index contributed by atoms with van der Waals surface area (Å²) < 4.78 is 55.6. The number of aryl methyl sites for hydroxylation is 6. The molecular formula is C114H107FN12O14S6. The van der Waals surface area contributed by atoms with Crippen molar-refractivity contribution in [3.05, 3.63) is 377 Å². The smallest absolute Gasteiger partial charge is 0.257 e. The maximum atomic E-state index is 13.0. The molecule has 147 heavy (non-hydrogen) atoms. The summed E-state index contributed by atoms with van der Waals surface area (Å²) in [7, 11) is 12.7. The number of thiazole rings is 6. The summed E-state index contributed by atoms with van der Waals surface area (Å²) in [5.41, 5.74) is 22.0. The van der Waals surface area contributed by atoms with Gasteiger partial charge in [-0.25, -0.2) is 34.3 Å². The van der Waals surface area contributed by atoms with Crippen molar-refractivity contribution in [1.29, 1.82) is 0 Å². The van der Waals surface area contributed by atoms with E-state index in [-0.39, 0.29) is 41.3 Å². The first-order valence-corrected chi connectivity index (χ1v) is 50.8. The number of hydrogen-bond donors (Lipinski definition) is 6. The van der Waals surface area contributed by atoms with E-state index in [0.29, 0.717) is 92.9 Å². The van der Waals surface area contributed by atoms with Crippen LogP contribution < -0.4 is 69.8 Å². The number of rotatable bonds is 26. The van der Waals surface area contributed by atoms with E-state index in [1.54, 1.807) is 139 Å². The molecule has 6 amide bonds. The standard InChI is InChI=1S/C22H24N2O5S.C21H22N2O3S.C20H20N2O3S.C17H13FN2OS.2C17H14N2OS/c1-12-7-14(8-17(26-3)13(12)2)16-11-30-22(23-16)24-21(25)15-9-18(27-4)20(29-6)19(10-15)28-5;1-12-9-15(10-19(26-5)13(12)2)17-11-27-21(22-17)23-20(24)16-7-6-8-18(25-4)14(16)3;1-12-9-15(10-18(25-4)13(12)2)17-11-26-20(21-17)22-19(23)14-5-7-16(24-3)8-6-14;1-11-15(12-7-9-14(18)10-8-12)19-17(22-11)20-16(21)13-5-3-2-4-6-13;1-12-15(13-8-4-2-5-9-13)18-17(21-12)19-16(20)14-10-6-3-7-11-14;1-12-7-9-13(10-8-12)15-11-18-17(21-15)19-16(20)14-5-3-2-4-6-14/h7-11H,1-6H3,(H,23,24,25);6-11H,1-5H3,(H,22,23,24);5-11H,1-4H3,(H,21,22,23);2-10H,1H3,(H,19,20,21);2*2-11H,1H3,(H,18,19,20). The first-order chi connectivity index (χ1) is 70.9. The van der Waals surface area contributed by atoms with Crippen molar-refractivity contribution in [2.45, 2.75) is 69.2 Å². The summed E-state index contributed by atoms with van der Waals surface area (Å²) in [6.07, 6.45) is 1.79. The lowest BCUT2D eigenvalue weighted by atomic mass is 10.0. The average molecular weight is 2080 g/mol. The van der Waals surface area contributed by atoms with Gasteiger partial charge < -0.3 is 37.9 Å². The van der Waals surface area contributed by atoms with Crippen LogP contribution in [0.15, 0.2) is 283 Å². The fourth-order valence-corrected chi connectivity index (χ4v) is 19.2. The van der Waals surface area contributed by atoms with Crippen LogP contribution in [0.5, 0.6) is 46.0 Å². The molecule has 0 unspecified atom stereocenters. The molecule has 0 saturated carbocycles. The van der Waals surface area contributed by atoms with Gasteiger partial charge in [-0.15, -0.1) is 56.7 Å².